The molecule has 0 saturated carbocycles. The zero-order chi connectivity index (χ0) is 13.7. The van der Waals surface area contributed by atoms with E-state index >= 15 is 0 Å². The molecule has 3 aromatic rings. The summed E-state index contributed by atoms with van der Waals surface area (Å²) in [5.74, 6) is 0.921. The van der Waals surface area contributed by atoms with Crippen LogP contribution in [0.1, 0.15) is 13.1 Å². The van der Waals surface area contributed by atoms with Gasteiger partial charge >= 0.3 is 0 Å². The molecule has 1 aliphatic heterocycles. The Bertz CT molecular complexity index is 835. The SMILES string of the molecule is CC(=O)C1Nc2ccccc2-c2nc3ccccc3n21. The van der Waals surface area contributed by atoms with Gasteiger partial charge in [0.05, 0.1) is 11.0 Å². The van der Waals surface area contributed by atoms with Crippen LogP contribution in [0.3, 0.4) is 0 Å². The molecule has 0 amide bonds. The molecule has 1 aliphatic rings. The molecule has 0 saturated heterocycles. The number of carbonyl (C=O) groups excluding carboxylic acids is 1. The van der Waals surface area contributed by atoms with E-state index in [1.165, 1.54) is 0 Å². The van der Waals surface area contributed by atoms with Gasteiger partial charge in [-0.05, 0) is 31.2 Å². The van der Waals surface area contributed by atoms with Crippen LogP contribution in [0.5, 0.6) is 0 Å². The molecule has 1 N–H and O–H groups in total. The second kappa shape index (κ2) is 3.93. The molecular formula is C16H13N3O. The van der Waals surface area contributed by atoms with E-state index in [9.17, 15) is 4.79 Å². The van der Waals surface area contributed by atoms with Crippen molar-refractivity contribution in [2.45, 2.75) is 13.1 Å². The Morgan fingerprint density at radius 2 is 1.90 bits per heavy atom. The van der Waals surface area contributed by atoms with Crippen LogP contribution in [0.25, 0.3) is 22.4 Å². The lowest BCUT2D eigenvalue weighted by Crippen LogP contribution is -2.29. The fraction of sp³-hybridized carbons (Fsp3) is 0.125. The minimum atomic E-state index is -0.396. The van der Waals surface area contributed by atoms with Crippen LogP contribution < -0.4 is 5.32 Å². The molecule has 4 heteroatoms. The average Bonchev–Trinajstić information content (AvgIpc) is 2.86. The summed E-state index contributed by atoms with van der Waals surface area (Å²) in [4.78, 5) is 16.7. The van der Waals surface area contributed by atoms with Crippen molar-refractivity contribution in [2.24, 2.45) is 0 Å². The molecule has 0 spiro atoms. The Balaban J connectivity index is 2.11. The number of Topliss-reactive ketones (excluding diaryl/α,β-unsaturated/α-hetero) is 1. The molecule has 0 bridgehead atoms. The highest BCUT2D eigenvalue weighted by molar-refractivity contribution is 5.93. The maximum absolute atomic E-state index is 12.0. The van der Waals surface area contributed by atoms with E-state index < -0.39 is 6.17 Å². The lowest BCUT2D eigenvalue weighted by molar-refractivity contribution is -0.119. The smallest absolute Gasteiger partial charge is 0.172 e. The third-order valence-electron chi connectivity index (χ3n) is 3.70. The van der Waals surface area contributed by atoms with Gasteiger partial charge in [-0.2, -0.15) is 0 Å². The molecule has 1 atom stereocenters. The standard InChI is InChI=1S/C16H13N3O/c1-10(20)15-17-12-7-3-2-6-11(12)16-18-13-8-4-5-9-14(13)19(15)16/h2-9,15,17H,1H3. The fourth-order valence-corrected chi connectivity index (χ4v) is 2.80. The summed E-state index contributed by atoms with van der Waals surface area (Å²) in [6.45, 7) is 1.60. The Hall–Kier alpha value is -2.62. The van der Waals surface area contributed by atoms with Crippen LogP contribution in [0.4, 0.5) is 5.69 Å². The molecule has 0 radical (unpaired) electrons. The third-order valence-corrected chi connectivity index (χ3v) is 3.70. The summed E-state index contributed by atoms with van der Waals surface area (Å²) in [5, 5.41) is 3.30. The number of rotatable bonds is 1. The number of hydrogen-bond acceptors (Lipinski definition) is 3. The average molecular weight is 263 g/mol. The quantitative estimate of drug-likeness (QED) is 0.733. The van der Waals surface area contributed by atoms with Gasteiger partial charge in [0.25, 0.3) is 0 Å². The van der Waals surface area contributed by atoms with Crippen LogP contribution in [-0.2, 0) is 4.79 Å². The Labute approximate surface area is 116 Å². The van der Waals surface area contributed by atoms with E-state index in [-0.39, 0.29) is 5.78 Å². The number of carbonyl (C=O) groups is 1. The van der Waals surface area contributed by atoms with Crippen molar-refractivity contribution in [3.05, 3.63) is 48.5 Å². The number of para-hydroxylation sites is 3. The van der Waals surface area contributed by atoms with Crippen molar-refractivity contribution in [3.63, 3.8) is 0 Å². The molecular weight excluding hydrogens is 250 g/mol. The maximum atomic E-state index is 12.0. The van der Waals surface area contributed by atoms with Crippen molar-refractivity contribution >= 4 is 22.5 Å². The Kier molecular flexibility index (Phi) is 2.21. The van der Waals surface area contributed by atoms with Crippen LogP contribution >= 0.6 is 0 Å². The first-order valence-corrected chi connectivity index (χ1v) is 6.59. The van der Waals surface area contributed by atoms with Gasteiger partial charge in [-0.25, -0.2) is 4.98 Å². The zero-order valence-corrected chi connectivity index (χ0v) is 11.0. The van der Waals surface area contributed by atoms with Crippen molar-refractivity contribution in [3.8, 4) is 11.4 Å². The van der Waals surface area contributed by atoms with Gasteiger partial charge in [-0.1, -0.05) is 24.3 Å². The Morgan fingerprint density at radius 3 is 2.75 bits per heavy atom. The number of nitrogens with one attached hydrogen (secondary N) is 1. The lowest BCUT2D eigenvalue weighted by Gasteiger charge is -2.28. The van der Waals surface area contributed by atoms with Crippen LogP contribution in [0, 0.1) is 0 Å². The van der Waals surface area contributed by atoms with Crippen LogP contribution in [0.15, 0.2) is 48.5 Å². The van der Waals surface area contributed by atoms with Crippen molar-refractivity contribution in [2.75, 3.05) is 5.32 Å². The van der Waals surface area contributed by atoms with Crippen molar-refractivity contribution in [1.29, 1.82) is 0 Å². The van der Waals surface area contributed by atoms with Gasteiger partial charge in [-0.3, -0.25) is 9.36 Å². The molecule has 1 unspecified atom stereocenters. The summed E-state index contributed by atoms with van der Waals surface area (Å²) in [7, 11) is 0. The number of imidazole rings is 1. The topological polar surface area (TPSA) is 46.9 Å². The summed E-state index contributed by atoms with van der Waals surface area (Å²) in [6.07, 6.45) is -0.396. The van der Waals surface area contributed by atoms with E-state index in [1.807, 2.05) is 53.1 Å². The molecule has 2 heterocycles. The highest BCUT2D eigenvalue weighted by atomic mass is 16.1. The Morgan fingerprint density at radius 1 is 1.15 bits per heavy atom. The number of hydrogen-bond donors (Lipinski definition) is 1. The molecule has 98 valence electrons. The monoisotopic (exact) mass is 263 g/mol. The van der Waals surface area contributed by atoms with Gasteiger partial charge < -0.3 is 5.32 Å². The highest BCUT2D eigenvalue weighted by Crippen LogP contribution is 2.38. The van der Waals surface area contributed by atoms with Gasteiger partial charge in [0.15, 0.2) is 11.9 Å². The first kappa shape index (κ1) is 11.2. The second-order valence-electron chi connectivity index (χ2n) is 5.00. The first-order valence-electron chi connectivity index (χ1n) is 6.59. The van der Waals surface area contributed by atoms with E-state index in [1.54, 1.807) is 6.92 Å². The van der Waals surface area contributed by atoms with Gasteiger partial charge in [-0.15, -0.1) is 0 Å². The summed E-state index contributed by atoms with van der Waals surface area (Å²) >= 11 is 0. The zero-order valence-electron chi connectivity index (χ0n) is 11.0. The molecule has 0 fully saturated rings. The minimum Gasteiger partial charge on any atom is -0.358 e. The van der Waals surface area contributed by atoms with Crippen molar-refractivity contribution in [1.82, 2.24) is 9.55 Å². The predicted molar refractivity (Wildman–Crippen MR) is 78.5 cm³/mol. The normalized spacial score (nSPS) is 16.4. The molecule has 4 rings (SSSR count). The van der Waals surface area contributed by atoms with Gasteiger partial charge in [0.1, 0.15) is 5.82 Å². The summed E-state index contributed by atoms with van der Waals surface area (Å²) < 4.78 is 1.99. The minimum absolute atomic E-state index is 0.0731. The van der Waals surface area contributed by atoms with E-state index in [4.69, 9.17) is 4.98 Å². The summed E-state index contributed by atoms with van der Waals surface area (Å²) in [5.41, 5.74) is 3.87. The molecule has 0 aliphatic carbocycles. The van der Waals surface area contributed by atoms with E-state index in [2.05, 4.69) is 5.32 Å². The number of benzene rings is 2. The maximum Gasteiger partial charge on any atom is 0.172 e. The third kappa shape index (κ3) is 1.42. The van der Waals surface area contributed by atoms with Crippen LogP contribution in [-0.4, -0.2) is 15.3 Å². The number of aromatic nitrogens is 2. The van der Waals surface area contributed by atoms with Gasteiger partial charge in [0.2, 0.25) is 0 Å². The number of anilines is 1. The number of nitrogens with zero attached hydrogens (tertiary/aromatic N) is 2. The predicted octanol–water partition coefficient (Wildman–Crippen LogP) is 3.22. The first-order chi connectivity index (χ1) is 9.75. The van der Waals surface area contributed by atoms with Crippen molar-refractivity contribution < 1.29 is 4.79 Å². The number of ketones is 1. The van der Waals surface area contributed by atoms with Gasteiger partial charge in [0, 0.05) is 11.3 Å². The molecule has 4 nitrogen and oxygen atoms in total. The molecule has 20 heavy (non-hydrogen) atoms. The largest absolute Gasteiger partial charge is 0.358 e. The highest BCUT2D eigenvalue weighted by Gasteiger charge is 2.29. The fourth-order valence-electron chi connectivity index (χ4n) is 2.80. The molecule has 2 aromatic carbocycles. The lowest BCUT2D eigenvalue weighted by atomic mass is 10.1. The van der Waals surface area contributed by atoms with E-state index in [0.717, 1.165) is 28.1 Å². The second-order valence-corrected chi connectivity index (χ2v) is 5.00. The molecule has 1 aromatic heterocycles. The van der Waals surface area contributed by atoms with Crippen LogP contribution in [0.2, 0.25) is 0 Å². The summed E-state index contributed by atoms with van der Waals surface area (Å²) in [6, 6.07) is 15.8. The van der Waals surface area contributed by atoms with E-state index in [0.29, 0.717) is 0 Å². The number of fused-ring (bicyclic) bond motifs is 5.